The minimum Gasteiger partial charge on any atom is -0.327 e. The molecule has 4 nitrogen and oxygen atoms in total. The highest BCUT2D eigenvalue weighted by Gasteiger charge is 2.29. The lowest BCUT2D eigenvalue weighted by Crippen LogP contribution is -2.36. The van der Waals surface area contributed by atoms with Crippen LogP contribution in [0, 0.1) is 0 Å². The number of hydrogen-bond donors (Lipinski definition) is 0. The fourth-order valence-corrected chi connectivity index (χ4v) is 4.25. The second-order valence-corrected chi connectivity index (χ2v) is 8.23. The number of carbonyl (C=O) groups excluding carboxylic acids is 2. The standard InChI is InChI=1S/C30H24N2O2/c33-29(28-27(25-16-8-3-9-17-25)20-26-18-10-11-19-32(26)28)30(34)31(21-23-12-4-1-5-13-23)22-24-14-6-2-7-15-24/h1-20H,21-22H2. The molecule has 0 aliphatic rings. The summed E-state index contributed by atoms with van der Waals surface area (Å²) >= 11 is 0. The summed E-state index contributed by atoms with van der Waals surface area (Å²) < 4.78 is 1.81. The Balaban J connectivity index is 1.56. The molecular formula is C30H24N2O2. The van der Waals surface area contributed by atoms with Crippen LogP contribution in [0.25, 0.3) is 16.6 Å². The molecule has 0 atom stereocenters. The third-order valence-corrected chi connectivity index (χ3v) is 5.89. The van der Waals surface area contributed by atoms with Crippen LogP contribution < -0.4 is 0 Å². The summed E-state index contributed by atoms with van der Waals surface area (Å²) in [5.41, 5.74) is 4.86. The molecule has 0 spiro atoms. The van der Waals surface area contributed by atoms with Gasteiger partial charge in [-0.05, 0) is 34.9 Å². The Bertz CT molecular complexity index is 1380. The van der Waals surface area contributed by atoms with Crippen LogP contribution in [0.4, 0.5) is 0 Å². The predicted molar refractivity (Wildman–Crippen MR) is 134 cm³/mol. The highest BCUT2D eigenvalue weighted by Crippen LogP contribution is 2.29. The minimum absolute atomic E-state index is 0.351. The van der Waals surface area contributed by atoms with E-state index in [4.69, 9.17) is 0 Å². The molecule has 166 valence electrons. The van der Waals surface area contributed by atoms with Crippen molar-refractivity contribution in [3.05, 3.63) is 138 Å². The molecule has 0 fully saturated rings. The summed E-state index contributed by atoms with van der Waals surface area (Å²) in [7, 11) is 0. The minimum atomic E-state index is -0.520. The quantitative estimate of drug-likeness (QED) is 0.228. The van der Waals surface area contributed by atoms with Gasteiger partial charge in [-0.25, -0.2) is 0 Å². The predicted octanol–water partition coefficient (Wildman–Crippen LogP) is 6.02. The molecule has 1 amide bonds. The number of carbonyl (C=O) groups is 2. The van der Waals surface area contributed by atoms with Gasteiger partial charge in [0.15, 0.2) is 0 Å². The average Bonchev–Trinajstić information content (AvgIpc) is 3.29. The van der Waals surface area contributed by atoms with Crippen LogP contribution in [-0.4, -0.2) is 21.0 Å². The van der Waals surface area contributed by atoms with Crippen molar-refractivity contribution in [3.8, 4) is 11.1 Å². The van der Waals surface area contributed by atoms with Crippen LogP contribution >= 0.6 is 0 Å². The Morgan fingerprint density at radius 3 is 1.76 bits per heavy atom. The van der Waals surface area contributed by atoms with Crippen molar-refractivity contribution in [1.29, 1.82) is 0 Å². The maximum absolute atomic E-state index is 13.8. The van der Waals surface area contributed by atoms with Crippen molar-refractivity contribution in [2.75, 3.05) is 0 Å². The molecular weight excluding hydrogens is 420 g/mol. The van der Waals surface area contributed by atoms with Crippen LogP contribution in [0.15, 0.2) is 121 Å². The van der Waals surface area contributed by atoms with E-state index in [9.17, 15) is 9.59 Å². The van der Waals surface area contributed by atoms with E-state index < -0.39 is 11.7 Å². The maximum Gasteiger partial charge on any atom is 0.297 e. The van der Waals surface area contributed by atoms with Gasteiger partial charge >= 0.3 is 0 Å². The molecule has 0 saturated carbocycles. The number of amides is 1. The lowest BCUT2D eigenvalue weighted by atomic mass is 10.0. The third kappa shape index (κ3) is 4.39. The van der Waals surface area contributed by atoms with Gasteiger partial charge in [0, 0.05) is 30.4 Å². The molecule has 34 heavy (non-hydrogen) atoms. The summed E-state index contributed by atoms with van der Waals surface area (Å²) in [6.45, 7) is 0.703. The monoisotopic (exact) mass is 444 g/mol. The van der Waals surface area contributed by atoms with Gasteiger partial charge in [-0.1, -0.05) is 97.1 Å². The smallest absolute Gasteiger partial charge is 0.297 e. The molecule has 5 aromatic rings. The van der Waals surface area contributed by atoms with E-state index >= 15 is 0 Å². The third-order valence-electron chi connectivity index (χ3n) is 5.89. The van der Waals surface area contributed by atoms with E-state index in [1.54, 1.807) is 4.90 Å². The summed E-state index contributed by atoms with van der Waals surface area (Å²) in [4.78, 5) is 29.2. The molecule has 0 N–H and O–H groups in total. The molecule has 0 saturated heterocycles. The Hall–Kier alpha value is -4.44. The van der Waals surface area contributed by atoms with Crippen LogP contribution in [0.2, 0.25) is 0 Å². The van der Waals surface area contributed by atoms with Crippen molar-refractivity contribution in [2.45, 2.75) is 13.1 Å². The first-order chi connectivity index (χ1) is 16.7. The van der Waals surface area contributed by atoms with Crippen molar-refractivity contribution in [1.82, 2.24) is 9.30 Å². The van der Waals surface area contributed by atoms with E-state index in [2.05, 4.69) is 0 Å². The van der Waals surface area contributed by atoms with E-state index in [0.717, 1.165) is 27.8 Å². The molecule has 2 heterocycles. The van der Waals surface area contributed by atoms with Crippen LogP contribution in [0.3, 0.4) is 0 Å². The Morgan fingerprint density at radius 1 is 0.647 bits per heavy atom. The number of ketones is 1. The first-order valence-electron chi connectivity index (χ1n) is 11.3. The number of benzene rings is 3. The van der Waals surface area contributed by atoms with Crippen molar-refractivity contribution >= 4 is 17.2 Å². The molecule has 0 radical (unpaired) electrons. The van der Waals surface area contributed by atoms with Gasteiger partial charge in [0.2, 0.25) is 0 Å². The average molecular weight is 445 g/mol. The molecule has 3 aromatic carbocycles. The number of aromatic nitrogens is 1. The van der Waals surface area contributed by atoms with E-state index in [-0.39, 0.29) is 0 Å². The van der Waals surface area contributed by atoms with Crippen LogP contribution in [0.1, 0.15) is 21.6 Å². The largest absolute Gasteiger partial charge is 0.327 e. The van der Waals surface area contributed by atoms with Gasteiger partial charge in [0.1, 0.15) is 5.69 Å². The zero-order valence-corrected chi connectivity index (χ0v) is 18.7. The number of pyridine rings is 1. The molecule has 0 unspecified atom stereocenters. The summed E-state index contributed by atoms with van der Waals surface area (Å²) in [6, 6.07) is 37.0. The highest BCUT2D eigenvalue weighted by molar-refractivity contribution is 6.43. The molecule has 0 aliphatic carbocycles. The van der Waals surface area contributed by atoms with Gasteiger partial charge in [-0.15, -0.1) is 0 Å². The second kappa shape index (κ2) is 9.59. The van der Waals surface area contributed by atoms with Crippen LogP contribution in [-0.2, 0) is 17.9 Å². The number of rotatable bonds is 7. The van der Waals surface area contributed by atoms with Crippen LogP contribution in [0.5, 0.6) is 0 Å². The van der Waals surface area contributed by atoms with Gasteiger partial charge < -0.3 is 9.30 Å². The molecule has 2 aromatic heterocycles. The number of hydrogen-bond acceptors (Lipinski definition) is 2. The SMILES string of the molecule is O=C(C(=O)N(Cc1ccccc1)Cc1ccccc1)c1c(-c2ccccc2)cc2ccccn12. The van der Waals surface area contributed by atoms with Crippen molar-refractivity contribution in [3.63, 3.8) is 0 Å². The Morgan fingerprint density at radius 2 is 1.18 bits per heavy atom. The summed E-state index contributed by atoms with van der Waals surface area (Å²) in [5.74, 6) is -1.04. The molecule has 0 bridgehead atoms. The number of fused-ring (bicyclic) bond motifs is 1. The number of nitrogens with zero attached hydrogens (tertiary/aromatic N) is 2. The van der Waals surface area contributed by atoms with Crippen molar-refractivity contribution < 1.29 is 9.59 Å². The number of Topliss-reactive ketones (excluding diaryl/α,β-unsaturated/α-hetero) is 1. The lowest BCUT2D eigenvalue weighted by molar-refractivity contribution is -0.127. The normalized spacial score (nSPS) is 10.8. The second-order valence-electron chi connectivity index (χ2n) is 8.23. The Labute approximate surface area is 198 Å². The Kier molecular flexibility index (Phi) is 6.04. The summed E-state index contributed by atoms with van der Waals surface area (Å²) in [6.07, 6.45) is 1.83. The first-order valence-corrected chi connectivity index (χ1v) is 11.3. The fourth-order valence-electron chi connectivity index (χ4n) is 4.25. The van der Waals surface area contributed by atoms with Gasteiger partial charge in [-0.2, -0.15) is 0 Å². The van der Waals surface area contributed by atoms with Gasteiger partial charge in [-0.3, -0.25) is 9.59 Å². The van der Waals surface area contributed by atoms with E-state index in [0.29, 0.717) is 18.8 Å². The van der Waals surface area contributed by atoms with E-state index in [1.165, 1.54) is 0 Å². The topological polar surface area (TPSA) is 41.8 Å². The van der Waals surface area contributed by atoms with E-state index in [1.807, 2.05) is 126 Å². The molecule has 5 rings (SSSR count). The van der Waals surface area contributed by atoms with Crippen molar-refractivity contribution in [2.24, 2.45) is 0 Å². The molecule has 0 aliphatic heterocycles. The highest BCUT2D eigenvalue weighted by atomic mass is 16.2. The fraction of sp³-hybridized carbons (Fsp3) is 0.0667. The summed E-state index contributed by atoms with van der Waals surface area (Å²) in [5, 5.41) is 0. The first kappa shape index (κ1) is 21.4. The maximum atomic E-state index is 13.8. The zero-order chi connectivity index (χ0) is 23.3. The lowest BCUT2D eigenvalue weighted by Gasteiger charge is -2.23. The molecule has 4 heteroatoms. The van der Waals surface area contributed by atoms with Gasteiger partial charge in [0.25, 0.3) is 11.7 Å². The zero-order valence-electron chi connectivity index (χ0n) is 18.7. The van der Waals surface area contributed by atoms with Gasteiger partial charge in [0.05, 0.1) is 0 Å².